The average molecular weight is 391 g/mol. The highest BCUT2D eigenvalue weighted by Crippen LogP contribution is 2.20. The van der Waals surface area contributed by atoms with Crippen LogP contribution in [0.5, 0.6) is 0 Å². The number of aliphatic imine (C=N–C) groups is 1. The van der Waals surface area contributed by atoms with Gasteiger partial charge in [-0.1, -0.05) is 30.0 Å². The van der Waals surface area contributed by atoms with E-state index in [1.165, 1.54) is 17.8 Å². The molecule has 5 nitrogen and oxygen atoms in total. The standard InChI is InChI=1S/C19H19F2N3O2S/c20-14-6-7-17(16(21)12-14)23-18(25)13-27-19(24-8-10-26-11-9-24)22-15-4-2-1-3-5-15/h1-7,12H,8-11,13H2,(H,23,25). The fourth-order valence-electron chi connectivity index (χ4n) is 2.47. The number of anilines is 1. The summed E-state index contributed by atoms with van der Waals surface area (Å²) >= 11 is 1.27. The number of thioether (sulfide) groups is 1. The van der Waals surface area contributed by atoms with Gasteiger partial charge < -0.3 is 15.0 Å². The molecule has 0 aromatic heterocycles. The minimum absolute atomic E-state index is 0.0464. The van der Waals surface area contributed by atoms with Crippen molar-refractivity contribution in [2.24, 2.45) is 4.99 Å². The van der Waals surface area contributed by atoms with Crippen LogP contribution in [0.2, 0.25) is 0 Å². The molecule has 8 heteroatoms. The number of carbonyl (C=O) groups is 1. The van der Waals surface area contributed by atoms with Crippen molar-refractivity contribution in [2.45, 2.75) is 0 Å². The maximum Gasteiger partial charge on any atom is 0.234 e. The monoisotopic (exact) mass is 391 g/mol. The zero-order valence-electron chi connectivity index (χ0n) is 14.5. The van der Waals surface area contributed by atoms with Crippen molar-refractivity contribution < 1.29 is 18.3 Å². The maximum absolute atomic E-state index is 13.7. The molecular formula is C19H19F2N3O2S. The van der Waals surface area contributed by atoms with Gasteiger partial charge in [-0.2, -0.15) is 0 Å². The molecule has 2 aromatic rings. The lowest BCUT2D eigenvalue weighted by molar-refractivity contribution is -0.113. The van der Waals surface area contributed by atoms with Crippen molar-refractivity contribution in [1.82, 2.24) is 4.90 Å². The third kappa shape index (κ3) is 5.77. The number of nitrogens with zero attached hydrogens (tertiary/aromatic N) is 2. The molecule has 1 aliphatic heterocycles. The number of nitrogens with one attached hydrogen (secondary N) is 1. The Morgan fingerprint density at radius 3 is 2.59 bits per heavy atom. The Morgan fingerprint density at radius 2 is 1.89 bits per heavy atom. The predicted molar refractivity (Wildman–Crippen MR) is 103 cm³/mol. The Balaban J connectivity index is 1.66. The van der Waals surface area contributed by atoms with E-state index in [1.807, 2.05) is 30.3 Å². The summed E-state index contributed by atoms with van der Waals surface area (Å²) in [6.07, 6.45) is 0. The van der Waals surface area contributed by atoms with Crippen LogP contribution in [0.15, 0.2) is 53.5 Å². The van der Waals surface area contributed by atoms with Crippen molar-refractivity contribution in [3.05, 3.63) is 60.2 Å². The van der Waals surface area contributed by atoms with Crippen LogP contribution in [-0.4, -0.2) is 48.0 Å². The lowest BCUT2D eigenvalue weighted by Crippen LogP contribution is -2.39. The number of morpholine rings is 1. The zero-order chi connectivity index (χ0) is 19.1. The van der Waals surface area contributed by atoms with Gasteiger partial charge in [0, 0.05) is 19.2 Å². The largest absolute Gasteiger partial charge is 0.378 e. The lowest BCUT2D eigenvalue weighted by Gasteiger charge is -2.29. The van der Waals surface area contributed by atoms with Crippen LogP contribution in [0.3, 0.4) is 0 Å². The topological polar surface area (TPSA) is 53.9 Å². The Bertz CT molecular complexity index is 812. The lowest BCUT2D eigenvalue weighted by atomic mass is 10.3. The first-order chi connectivity index (χ1) is 13.1. The second kappa shape index (κ2) is 9.48. The quantitative estimate of drug-likeness (QED) is 0.639. The van der Waals surface area contributed by atoms with Crippen LogP contribution < -0.4 is 5.32 Å². The van der Waals surface area contributed by atoms with Crippen LogP contribution in [0, 0.1) is 11.6 Å². The molecule has 0 saturated carbocycles. The van der Waals surface area contributed by atoms with Gasteiger partial charge in [0.25, 0.3) is 0 Å². The number of para-hydroxylation sites is 1. The molecule has 0 radical (unpaired) electrons. The van der Waals surface area contributed by atoms with Gasteiger partial charge in [-0.15, -0.1) is 0 Å². The van der Waals surface area contributed by atoms with Crippen LogP contribution in [0.1, 0.15) is 0 Å². The number of halogens is 2. The average Bonchev–Trinajstić information content (AvgIpc) is 2.69. The number of hydrogen-bond acceptors (Lipinski definition) is 4. The van der Waals surface area contributed by atoms with E-state index in [-0.39, 0.29) is 17.3 Å². The minimum Gasteiger partial charge on any atom is -0.378 e. The molecule has 1 amide bonds. The first-order valence-corrected chi connectivity index (χ1v) is 9.44. The van der Waals surface area contributed by atoms with Gasteiger partial charge in [-0.3, -0.25) is 4.79 Å². The number of amides is 1. The molecule has 0 unspecified atom stereocenters. The van der Waals surface area contributed by atoms with E-state index < -0.39 is 11.6 Å². The van der Waals surface area contributed by atoms with Gasteiger partial charge in [0.05, 0.1) is 30.3 Å². The number of amidine groups is 1. The SMILES string of the molecule is O=C(CSC(=Nc1ccccc1)N1CCOCC1)Nc1ccc(F)cc1F. The van der Waals surface area contributed by atoms with Crippen molar-refractivity contribution in [3.63, 3.8) is 0 Å². The van der Waals surface area contributed by atoms with E-state index in [9.17, 15) is 13.6 Å². The summed E-state index contributed by atoms with van der Waals surface area (Å²) in [6, 6.07) is 12.5. The summed E-state index contributed by atoms with van der Waals surface area (Å²) in [5.74, 6) is -1.83. The van der Waals surface area contributed by atoms with Gasteiger partial charge in [0.2, 0.25) is 5.91 Å². The summed E-state index contributed by atoms with van der Waals surface area (Å²) in [7, 11) is 0. The first kappa shape index (κ1) is 19.3. The highest BCUT2D eigenvalue weighted by Gasteiger charge is 2.18. The molecule has 27 heavy (non-hydrogen) atoms. The Labute approximate surface area is 160 Å². The van der Waals surface area contributed by atoms with E-state index in [0.29, 0.717) is 31.5 Å². The molecule has 0 aliphatic carbocycles. The molecular weight excluding hydrogens is 372 g/mol. The summed E-state index contributed by atoms with van der Waals surface area (Å²) in [5, 5.41) is 3.17. The molecule has 0 atom stereocenters. The number of rotatable bonds is 4. The fraction of sp³-hybridized carbons (Fsp3) is 0.263. The summed E-state index contributed by atoms with van der Waals surface area (Å²) in [5.41, 5.74) is 0.742. The Hall–Kier alpha value is -2.45. The molecule has 1 heterocycles. The van der Waals surface area contributed by atoms with Crippen molar-refractivity contribution in [2.75, 3.05) is 37.4 Å². The Morgan fingerprint density at radius 1 is 1.15 bits per heavy atom. The molecule has 2 aromatic carbocycles. The number of carbonyl (C=O) groups excluding carboxylic acids is 1. The van der Waals surface area contributed by atoms with Crippen LogP contribution in [-0.2, 0) is 9.53 Å². The Kier molecular flexibility index (Phi) is 6.78. The zero-order valence-corrected chi connectivity index (χ0v) is 15.3. The second-order valence-corrected chi connectivity index (χ2v) is 6.73. The minimum atomic E-state index is -0.806. The molecule has 1 fully saturated rings. The molecule has 1 aliphatic rings. The summed E-state index contributed by atoms with van der Waals surface area (Å²) in [4.78, 5) is 18.9. The van der Waals surface area contributed by atoms with Gasteiger partial charge >= 0.3 is 0 Å². The maximum atomic E-state index is 13.7. The summed E-state index contributed by atoms with van der Waals surface area (Å²) in [6.45, 7) is 2.57. The van der Waals surface area contributed by atoms with Gasteiger partial charge in [0.1, 0.15) is 11.6 Å². The van der Waals surface area contributed by atoms with E-state index >= 15 is 0 Å². The molecule has 1 saturated heterocycles. The number of hydrogen-bond donors (Lipinski definition) is 1. The highest BCUT2D eigenvalue weighted by atomic mass is 32.2. The van der Waals surface area contributed by atoms with E-state index in [0.717, 1.165) is 17.8 Å². The van der Waals surface area contributed by atoms with Gasteiger partial charge in [-0.05, 0) is 24.3 Å². The molecule has 142 valence electrons. The van der Waals surface area contributed by atoms with Crippen LogP contribution in [0.4, 0.5) is 20.2 Å². The third-order valence-corrected chi connectivity index (χ3v) is 4.81. The van der Waals surface area contributed by atoms with Crippen molar-refractivity contribution in [1.29, 1.82) is 0 Å². The fourth-order valence-corrected chi connectivity index (χ4v) is 3.34. The number of ether oxygens (including phenoxy) is 1. The highest BCUT2D eigenvalue weighted by molar-refractivity contribution is 8.14. The third-order valence-electron chi connectivity index (χ3n) is 3.80. The molecule has 3 rings (SSSR count). The van der Waals surface area contributed by atoms with Crippen molar-refractivity contribution >= 4 is 34.2 Å². The summed E-state index contributed by atoms with van der Waals surface area (Å²) < 4.78 is 32.0. The normalized spacial score (nSPS) is 14.9. The van der Waals surface area contributed by atoms with E-state index in [2.05, 4.69) is 15.2 Å². The van der Waals surface area contributed by atoms with E-state index in [4.69, 9.17) is 4.74 Å². The van der Waals surface area contributed by atoms with E-state index in [1.54, 1.807) is 0 Å². The van der Waals surface area contributed by atoms with Gasteiger partial charge in [-0.25, -0.2) is 13.8 Å². The van der Waals surface area contributed by atoms with Crippen molar-refractivity contribution in [3.8, 4) is 0 Å². The first-order valence-electron chi connectivity index (χ1n) is 8.46. The van der Waals surface area contributed by atoms with Crippen LogP contribution in [0.25, 0.3) is 0 Å². The molecule has 0 bridgehead atoms. The predicted octanol–water partition coefficient (Wildman–Crippen LogP) is 3.66. The second-order valence-electron chi connectivity index (χ2n) is 5.79. The number of benzene rings is 2. The van der Waals surface area contributed by atoms with Gasteiger partial charge in [0.15, 0.2) is 5.17 Å². The smallest absolute Gasteiger partial charge is 0.234 e. The van der Waals surface area contributed by atoms with Crippen LogP contribution >= 0.6 is 11.8 Å². The molecule has 1 N–H and O–H groups in total. The molecule has 0 spiro atoms.